The second-order valence-electron chi connectivity index (χ2n) is 6.58. The molecule has 1 aromatic rings. The van der Waals surface area contributed by atoms with E-state index in [4.69, 9.17) is 4.74 Å². The molecule has 0 aromatic heterocycles. The zero-order valence-corrected chi connectivity index (χ0v) is 16.4. The van der Waals surface area contributed by atoms with Crippen molar-refractivity contribution in [1.82, 2.24) is 16.0 Å². The fourth-order valence-corrected chi connectivity index (χ4v) is 2.83. The number of carbonyl (C=O) groups excluding carboxylic acids is 2. The summed E-state index contributed by atoms with van der Waals surface area (Å²) in [5.74, 6) is -0.0741. The zero-order valence-electron chi connectivity index (χ0n) is 15.6. The minimum Gasteiger partial charge on any atom is -0.368 e. The van der Waals surface area contributed by atoms with Crippen LogP contribution in [0, 0.1) is 0 Å². The van der Waals surface area contributed by atoms with Crippen LogP contribution in [0.15, 0.2) is 24.3 Å². The fraction of sp³-hybridized carbons (Fsp3) is 0.556. The molecule has 0 atom stereocenters. The molecular weight excluding hydrogens is 356 g/mol. The SMILES string of the molecule is COC1(C(=O)NCc2ccc(NC(=O)NC(C)C)cc2)CCNCC1.Cl. The maximum absolute atomic E-state index is 12.5. The molecule has 0 unspecified atom stereocenters. The molecule has 0 spiro atoms. The van der Waals surface area contributed by atoms with Gasteiger partial charge in [-0.25, -0.2) is 4.79 Å². The summed E-state index contributed by atoms with van der Waals surface area (Å²) >= 11 is 0. The predicted octanol–water partition coefficient (Wildman–Crippen LogP) is 2.02. The molecule has 1 aliphatic heterocycles. The van der Waals surface area contributed by atoms with E-state index in [-0.39, 0.29) is 30.4 Å². The molecule has 8 heteroatoms. The third kappa shape index (κ3) is 6.16. The Bertz CT molecular complexity index is 587. The van der Waals surface area contributed by atoms with Gasteiger partial charge in [0.2, 0.25) is 0 Å². The van der Waals surface area contributed by atoms with Crippen molar-refractivity contribution in [2.75, 3.05) is 25.5 Å². The quantitative estimate of drug-likeness (QED) is 0.604. The standard InChI is InChI=1S/C18H28N4O3.ClH/c1-13(2)21-17(24)22-15-6-4-14(5-7-15)12-20-16(23)18(25-3)8-10-19-11-9-18;/h4-7,13,19H,8-12H2,1-3H3,(H,20,23)(H2,21,22,24);1H. The Labute approximate surface area is 161 Å². The number of methoxy groups -OCH3 is 1. The lowest BCUT2D eigenvalue weighted by molar-refractivity contribution is -0.146. The molecule has 1 heterocycles. The largest absolute Gasteiger partial charge is 0.368 e. The highest BCUT2D eigenvalue weighted by Crippen LogP contribution is 2.22. The molecule has 1 fully saturated rings. The summed E-state index contributed by atoms with van der Waals surface area (Å²) < 4.78 is 5.52. The van der Waals surface area contributed by atoms with Crippen LogP contribution in [0.25, 0.3) is 0 Å². The second kappa shape index (κ2) is 10.4. The molecule has 1 saturated heterocycles. The van der Waals surface area contributed by atoms with E-state index in [1.54, 1.807) is 7.11 Å². The predicted molar refractivity (Wildman–Crippen MR) is 105 cm³/mol. The van der Waals surface area contributed by atoms with Crippen LogP contribution in [-0.4, -0.2) is 43.8 Å². The van der Waals surface area contributed by atoms with E-state index in [1.165, 1.54) is 0 Å². The van der Waals surface area contributed by atoms with Crippen molar-refractivity contribution in [3.8, 4) is 0 Å². The van der Waals surface area contributed by atoms with E-state index in [2.05, 4.69) is 21.3 Å². The number of piperidine rings is 1. The number of halogens is 1. The van der Waals surface area contributed by atoms with Gasteiger partial charge in [-0.05, 0) is 57.5 Å². The van der Waals surface area contributed by atoms with Crippen LogP contribution < -0.4 is 21.3 Å². The van der Waals surface area contributed by atoms with Crippen LogP contribution in [0.3, 0.4) is 0 Å². The summed E-state index contributed by atoms with van der Waals surface area (Å²) in [6, 6.07) is 7.25. The number of urea groups is 1. The van der Waals surface area contributed by atoms with E-state index in [0.717, 1.165) is 18.7 Å². The first kappa shape index (κ1) is 22.2. The molecule has 0 radical (unpaired) electrons. The molecule has 26 heavy (non-hydrogen) atoms. The highest BCUT2D eigenvalue weighted by atomic mass is 35.5. The molecule has 0 bridgehead atoms. The van der Waals surface area contributed by atoms with E-state index >= 15 is 0 Å². The van der Waals surface area contributed by atoms with Gasteiger partial charge in [0.1, 0.15) is 5.60 Å². The van der Waals surface area contributed by atoms with Crippen LogP contribution in [-0.2, 0) is 16.1 Å². The van der Waals surface area contributed by atoms with E-state index in [0.29, 0.717) is 25.1 Å². The van der Waals surface area contributed by atoms with Crippen molar-refractivity contribution in [3.63, 3.8) is 0 Å². The smallest absolute Gasteiger partial charge is 0.319 e. The van der Waals surface area contributed by atoms with Gasteiger partial charge in [0.05, 0.1) is 0 Å². The number of benzene rings is 1. The highest BCUT2D eigenvalue weighted by Gasteiger charge is 2.39. The molecule has 0 saturated carbocycles. The van der Waals surface area contributed by atoms with Gasteiger partial charge < -0.3 is 26.0 Å². The number of rotatable bonds is 6. The summed E-state index contributed by atoms with van der Waals surface area (Å²) in [5.41, 5.74) is 0.935. The molecule has 1 aliphatic rings. The van der Waals surface area contributed by atoms with Crippen LogP contribution in [0.1, 0.15) is 32.3 Å². The lowest BCUT2D eigenvalue weighted by Gasteiger charge is -2.34. The number of ether oxygens (including phenoxy) is 1. The number of amides is 3. The van der Waals surface area contributed by atoms with Crippen molar-refractivity contribution in [3.05, 3.63) is 29.8 Å². The average molecular weight is 385 g/mol. The lowest BCUT2D eigenvalue weighted by Crippen LogP contribution is -2.53. The van der Waals surface area contributed by atoms with Crippen LogP contribution in [0.2, 0.25) is 0 Å². The summed E-state index contributed by atoms with van der Waals surface area (Å²) in [6.45, 7) is 5.79. The first-order valence-corrected chi connectivity index (χ1v) is 8.66. The first-order valence-electron chi connectivity index (χ1n) is 8.66. The maximum atomic E-state index is 12.5. The topological polar surface area (TPSA) is 91.5 Å². The van der Waals surface area contributed by atoms with Crippen molar-refractivity contribution in [1.29, 1.82) is 0 Å². The molecule has 3 amide bonds. The van der Waals surface area contributed by atoms with Gasteiger partial charge in [-0.2, -0.15) is 0 Å². The Kier molecular flexibility index (Phi) is 8.84. The van der Waals surface area contributed by atoms with Gasteiger partial charge in [-0.1, -0.05) is 12.1 Å². The van der Waals surface area contributed by atoms with Crippen LogP contribution in [0.4, 0.5) is 10.5 Å². The first-order chi connectivity index (χ1) is 11.9. The van der Waals surface area contributed by atoms with Crippen LogP contribution in [0.5, 0.6) is 0 Å². The van der Waals surface area contributed by atoms with E-state index in [1.807, 2.05) is 38.1 Å². The number of nitrogens with one attached hydrogen (secondary N) is 4. The van der Waals surface area contributed by atoms with Crippen LogP contribution >= 0.6 is 12.4 Å². The molecule has 1 aromatic carbocycles. The van der Waals surface area contributed by atoms with Crippen molar-refractivity contribution in [2.24, 2.45) is 0 Å². The van der Waals surface area contributed by atoms with Gasteiger partial charge in [0.25, 0.3) is 5.91 Å². The minimum absolute atomic E-state index is 0. The minimum atomic E-state index is -0.734. The van der Waals surface area contributed by atoms with Crippen molar-refractivity contribution >= 4 is 30.0 Å². The Balaban J connectivity index is 0.00000338. The summed E-state index contributed by atoms with van der Waals surface area (Å²) in [5, 5.41) is 11.7. The molecule has 146 valence electrons. The van der Waals surface area contributed by atoms with E-state index in [9.17, 15) is 9.59 Å². The second-order valence-corrected chi connectivity index (χ2v) is 6.58. The Hall–Kier alpha value is -1.83. The van der Waals surface area contributed by atoms with E-state index < -0.39 is 5.60 Å². The Morgan fingerprint density at radius 2 is 1.81 bits per heavy atom. The number of anilines is 1. The number of carbonyl (C=O) groups is 2. The summed E-state index contributed by atoms with van der Waals surface area (Å²) in [7, 11) is 1.59. The third-order valence-corrected chi connectivity index (χ3v) is 4.30. The molecule has 2 rings (SSSR count). The normalized spacial score (nSPS) is 15.7. The Morgan fingerprint density at radius 3 is 2.35 bits per heavy atom. The highest BCUT2D eigenvalue weighted by molar-refractivity contribution is 5.89. The summed E-state index contributed by atoms with van der Waals surface area (Å²) in [6.07, 6.45) is 1.34. The van der Waals surface area contributed by atoms with Crippen molar-refractivity contribution in [2.45, 2.75) is 44.9 Å². The maximum Gasteiger partial charge on any atom is 0.319 e. The molecular formula is C18H29ClN4O3. The van der Waals surface area contributed by atoms with Gasteiger partial charge in [0.15, 0.2) is 0 Å². The molecule has 0 aliphatic carbocycles. The van der Waals surface area contributed by atoms with Crippen molar-refractivity contribution < 1.29 is 14.3 Å². The fourth-order valence-electron chi connectivity index (χ4n) is 2.83. The van der Waals surface area contributed by atoms with Gasteiger partial charge in [-0.15, -0.1) is 12.4 Å². The molecule has 4 N–H and O–H groups in total. The number of hydrogen-bond acceptors (Lipinski definition) is 4. The average Bonchev–Trinajstić information content (AvgIpc) is 2.60. The summed E-state index contributed by atoms with van der Waals surface area (Å²) in [4.78, 5) is 24.2. The van der Waals surface area contributed by atoms with Gasteiger partial charge in [0, 0.05) is 25.4 Å². The monoisotopic (exact) mass is 384 g/mol. The number of hydrogen-bond donors (Lipinski definition) is 4. The molecule has 7 nitrogen and oxygen atoms in total. The zero-order chi connectivity index (χ0) is 18.3. The lowest BCUT2D eigenvalue weighted by atomic mass is 9.91. The Morgan fingerprint density at radius 1 is 1.19 bits per heavy atom. The van der Waals surface area contributed by atoms with Gasteiger partial charge in [-0.3, -0.25) is 4.79 Å². The van der Waals surface area contributed by atoms with Gasteiger partial charge >= 0.3 is 6.03 Å². The third-order valence-electron chi connectivity index (χ3n) is 4.30.